The molecule has 2 N–H and O–H groups in total. The number of carbonyl (C=O) groups is 2. The molecule has 0 spiro atoms. The van der Waals surface area contributed by atoms with E-state index in [1.165, 1.54) is 23.4 Å². The van der Waals surface area contributed by atoms with E-state index in [2.05, 4.69) is 10.3 Å². The van der Waals surface area contributed by atoms with Gasteiger partial charge < -0.3 is 10.4 Å². The van der Waals surface area contributed by atoms with Crippen molar-refractivity contribution in [3.63, 3.8) is 0 Å². The van der Waals surface area contributed by atoms with Crippen LogP contribution in [0.5, 0.6) is 0 Å². The number of amides is 1. The molecule has 0 bridgehead atoms. The third-order valence-electron chi connectivity index (χ3n) is 3.60. The summed E-state index contributed by atoms with van der Waals surface area (Å²) in [6.45, 7) is 0.615. The Kier molecular flexibility index (Phi) is 6.17. The van der Waals surface area contributed by atoms with E-state index in [1.54, 1.807) is 11.3 Å². The lowest BCUT2D eigenvalue weighted by molar-refractivity contribution is -0.137. The maximum absolute atomic E-state index is 11.6. The molecule has 0 fully saturated rings. The standard InChI is InChI=1S/C15H22N2O3S/c18-13(7-3-4-8-15(19)20)16-10-9-14-17-11-5-1-2-6-12(11)21-14/h1-10H2,(H,16,18)(H,19,20). The molecule has 0 unspecified atom stereocenters. The average Bonchev–Trinajstić information content (AvgIpc) is 2.86. The number of carboxylic acid groups (broad SMARTS) is 1. The molecule has 1 aromatic rings. The molecule has 0 saturated heterocycles. The summed E-state index contributed by atoms with van der Waals surface area (Å²) in [5.74, 6) is -0.801. The highest BCUT2D eigenvalue weighted by Crippen LogP contribution is 2.26. The molecule has 0 radical (unpaired) electrons. The average molecular weight is 310 g/mol. The summed E-state index contributed by atoms with van der Waals surface area (Å²) >= 11 is 1.78. The Morgan fingerprint density at radius 1 is 1.19 bits per heavy atom. The summed E-state index contributed by atoms with van der Waals surface area (Å²) in [5, 5.41) is 12.5. The lowest BCUT2D eigenvalue weighted by atomic mass is 10.0. The summed E-state index contributed by atoms with van der Waals surface area (Å²) in [6.07, 6.45) is 7.28. The molecule has 0 aromatic carbocycles. The first kappa shape index (κ1) is 15.9. The molecule has 21 heavy (non-hydrogen) atoms. The molecule has 1 aliphatic carbocycles. The number of aryl methyl sites for hydroxylation is 2. The SMILES string of the molecule is O=C(O)CCCCC(=O)NCCc1nc2c(s1)CCCC2. The number of carbonyl (C=O) groups excluding carboxylic acids is 1. The lowest BCUT2D eigenvalue weighted by Crippen LogP contribution is -2.25. The molecule has 5 nitrogen and oxygen atoms in total. The summed E-state index contributed by atoms with van der Waals surface area (Å²) in [4.78, 5) is 28.0. The number of nitrogens with zero attached hydrogens (tertiary/aromatic N) is 1. The van der Waals surface area contributed by atoms with Crippen LogP contribution in [-0.4, -0.2) is 28.5 Å². The summed E-state index contributed by atoms with van der Waals surface area (Å²) in [5.41, 5.74) is 1.27. The van der Waals surface area contributed by atoms with E-state index in [-0.39, 0.29) is 12.3 Å². The largest absolute Gasteiger partial charge is 0.481 e. The number of hydrogen-bond acceptors (Lipinski definition) is 4. The van der Waals surface area contributed by atoms with Gasteiger partial charge in [-0.1, -0.05) is 0 Å². The van der Waals surface area contributed by atoms with E-state index < -0.39 is 5.97 Å². The van der Waals surface area contributed by atoms with Crippen LogP contribution in [0.1, 0.15) is 54.1 Å². The highest BCUT2D eigenvalue weighted by Gasteiger charge is 2.14. The molecule has 116 valence electrons. The molecule has 0 saturated carbocycles. The van der Waals surface area contributed by atoms with Crippen LogP contribution in [0.4, 0.5) is 0 Å². The minimum absolute atomic E-state index is 0.00158. The van der Waals surface area contributed by atoms with Crippen molar-refractivity contribution in [3.05, 3.63) is 15.6 Å². The fourth-order valence-electron chi connectivity index (χ4n) is 2.47. The fraction of sp³-hybridized carbons (Fsp3) is 0.667. The van der Waals surface area contributed by atoms with E-state index in [0.29, 0.717) is 25.8 Å². The van der Waals surface area contributed by atoms with Gasteiger partial charge in [0.15, 0.2) is 0 Å². The monoisotopic (exact) mass is 310 g/mol. The van der Waals surface area contributed by atoms with Crippen molar-refractivity contribution >= 4 is 23.2 Å². The van der Waals surface area contributed by atoms with E-state index in [0.717, 1.165) is 24.3 Å². The predicted molar refractivity (Wildman–Crippen MR) is 81.6 cm³/mol. The molecule has 1 heterocycles. The zero-order valence-corrected chi connectivity index (χ0v) is 13.0. The van der Waals surface area contributed by atoms with E-state index in [1.807, 2.05) is 0 Å². The van der Waals surface area contributed by atoms with E-state index in [9.17, 15) is 9.59 Å². The molecule has 1 amide bonds. The molecular weight excluding hydrogens is 288 g/mol. The van der Waals surface area contributed by atoms with Crippen molar-refractivity contribution in [1.82, 2.24) is 10.3 Å². The van der Waals surface area contributed by atoms with Crippen molar-refractivity contribution in [2.45, 2.75) is 57.8 Å². The van der Waals surface area contributed by atoms with Gasteiger partial charge in [-0.05, 0) is 38.5 Å². The minimum atomic E-state index is -0.803. The second-order valence-electron chi connectivity index (χ2n) is 5.39. The molecule has 1 aliphatic rings. The Balaban J connectivity index is 1.61. The Hall–Kier alpha value is -1.43. The van der Waals surface area contributed by atoms with Gasteiger partial charge in [-0.2, -0.15) is 0 Å². The van der Waals surface area contributed by atoms with Crippen LogP contribution in [0.15, 0.2) is 0 Å². The van der Waals surface area contributed by atoms with Crippen LogP contribution in [-0.2, 0) is 28.9 Å². The molecule has 0 atom stereocenters. The van der Waals surface area contributed by atoms with Gasteiger partial charge in [0, 0.05) is 30.7 Å². The van der Waals surface area contributed by atoms with Crippen LogP contribution >= 0.6 is 11.3 Å². The summed E-state index contributed by atoms with van der Waals surface area (Å²) in [6, 6.07) is 0. The highest BCUT2D eigenvalue weighted by atomic mass is 32.1. The minimum Gasteiger partial charge on any atom is -0.481 e. The summed E-state index contributed by atoms with van der Waals surface area (Å²) in [7, 11) is 0. The van der Waals surface area contributed by atoms with Crippen molar-refractivity contribution in [2.24, 2.45) is 0 Å². The second kappa shape index (κ2) is 8.12. The molecule has 2 rings (SSSR count). The first-order valence-corrected chi connectivity index (χ1v) is 8.43. The predicted octanol–water partition coefficient (Wildman–Crippen LogP) is 2.33. The van der Waals surface area contributed by atoms with Crippen LogP contribution in [0, 0.1) is 0 Å². The Morgan fingerprint density at radius 3 is 2.71 bits per heavy atom. The molecule has 1 aromatic heterocycles. The van der Waals surface area contributed by atoms with Gasteiger partial charge in [-0.25, -0.2) is 4.98 Å². The van der Waals surface area contributed by atoms with Gasteiger partial charge in [0.2, 0.25) is 5.91 Å². The van der Waals surface area contributed by atoms with Crippen molar-refractivity contribution < 1.29 is 14.7 Å². The van der Waals surface area contributed by atoms with Gasteiger partial charge in [0.25, 0.3) is 0 Å². The third-order valence-corrected chi connectivity index (χ3v) is 4.81. The van der Waals surface area contributed by atoms with Gasteiger partial charge in [0.05, 0.1) is 10.7 Å². The zero-order valence-electron chi connectivity index (χ0n) is 12.2. The first-order valence-electron chi connectivity index (χ1n) is 7.61. The maximum atomic E-state index is 11.6. The number of rotatable bonds is 8. The maximum Gasteiger partial charge on any atom is 0.303 e. The number of aliphatic carboxylic acids is 1. The number of unbranched alkanes of at least 4 members (excludes halogenated alkanes) is 1. The number of fused-ring (bicyclic) bond motifs is 1. The van der Waals surface area contributed by atoms with Gasteiger partial charge in [0.1, 0.15) is 0 Å². The van der Waals surface area contributed by atoms with Crippen LogP contribution in [0.3, 0.4) is 0 Å². The van der Waals surface area contributed by atoms with Crippen LogP contribution < -0.4 is 5.32 Å². The smallest absolute Gasteiger partial charge is 0.303 e. The topological polar surface area (TPSA) is 79.3 Å². The van der Waals surface area contributed by atoms with Gasteiger partial charge in [-0.3, -0.25) is 9.59 Å². The molecular formula is C15H22N2O3S. The number of nitrogens with one attached hydrogen (secondary N) is 1. The molecule has 0 aliphatic heterocycles. The normalized spacial score (nSPS) is 13.7. The van der Waals surface area contributed by atoms with E-state index in [4.69, 9.17) is 5.11 Å². The lowest BCUT2D eigenvalue weighted by Gasteiger charge is -2.06. The highest BCUT2D eigenvalue weighted by molar-refractivity contribution is 7.11. The molecule has 6 heteroatoms. The Bertz CT molecular complexity index is 476. The van der Waals surface area contributed by atoms with Gasteiger partial charge in [-0.15, -0.1) is 11.3 Å². The van der Waals surface area contributed by atoms with Crippen molar-refractivity contribution in [2.75, 3.05) is 6.54 Å². The zero-order chi connectivity index (χ0) is 15.1. The van der Waals surface area contributed by atoms with Crippen LogP contribution in [0.25, 0.3) is 0 Å². The fourth-order valence-corrected chi connectivity index (χ4v) is 3.63. The van der Waals surface area contributed by atoms with E-state index >= 15 is 0 Å². The number of carboxylic acids is 1. The Labute approximate surface area is 128 Å². The van der Waals surface area contributed by atoms with Gasteiger partial charge >= 0.3 is 5.97 Å². The number of thiazole rings is 1. The third kappa shape index (κ3) is 5.46. The van der Waals surface area contributed by atoms with Crippen molar-refractivity contribution in [1.29, 1.82) is 0 Å². The Morgan fingerprint density at radius 2 is 1.95 bits per heavy atom. The number of hydrogen-bond donors (Lipinski definition) is 2. The first-order chi connectivity index (χ1) is 10.1. The van der Waals surface area contributed by atoms with Crippen molar-refractivity contribution in [3.8, 4) is 0 Å². The summed E-state index contributed by atoms with van der Waals surface area (Å²) < 4.78 is 0. The van der Waals surface area contributed by atoms with Crippen LogP contribution in [0.2, 0.25) is 0 Å². The second-order valence-corrected chi connectivity index (χ2v) is 6.55. The number of aromatic nitrogens is 1. The quantitative estimate of drug-likeness (QED) is 0.722.